The first-order valence-electron chi connectivity index (χ1n) is 19.1. The van der Waals surface area contributed by atoms with Gasteiger partial charge in [-0.2, -0.15) is 5.10 Å². The predicted molar refractivity (Wildman–Crippen MR) is 219 cm³/mol. The van der Waals surface area contributed by atoms with Crippen LogP contribution in [0.3, 0.4) is 0 Å². The Bertz CT molecular complexity index is 2070. The first-order chi connectivity index (χ1) is 25.5. The van der Waals surface area contributed by atoms with Gasteiger partial charge >= 0.3 is 0 Å². The molecule has 2 N–H and O–H groups in total. The molecule has 0 spiro atoms. The van der Waals surface area contributed by atoms with Crippen molar-refractivity contribution in [3.05, 3.63) is 107 Å². The summed E-state index contributed by atoms with van der Waals surface area (Å²) in [6, 6.07) is 22.9. The molecular formula is C44H56FN5O3Si. The summed E-state index contributed by atoms with van der Waals surface area (Å²) >= 11 is 0. The molecule has 10 heteroatoms. The molecule has 0 atom stereocenters. The van der Waals surface area contributed by atoms with E-state index in [9.17, 15) is 4.79 Å². The van der Waals surface area contributed by atoms with Crippen LogP contribution in [0.1, 0.15) is 94.3 Å². The SMILES string of the molecule is COc1ccc(Cn2nc(N[C@H]3CC[C@H](O[Si](C)(C)C(C)(C)C)CC3)c3c(-c4ccc(CNC(=O)c5ccc(C(C)(C)C)cc5)c(F)c4)ccnc32)cc1. The number of benzene rings is 3. The summed E-state index contributed by atoms with van der Waals surface area (Å²) < 4.78 is 29.9. The van der Waals surface area contributed by atoms with E-state index < -0.39 is 8.32 Å². The van der Waals surface area contributed by atoms with Crippen LogP contribution in [-0.2, 0) is 22.9 Å². The molecule has 286 valence electrons. The molecule has 3 aromatic carbocycles. The van der Waals surface area contributed by atoms with E-state index in [1.54, 1.807) is 25.4 Å². The predicted octanol–water partition coefficient (Wildman–Crippen LogP) is 10.3. The maximum Gasteiger partial charge on any atom is 0.251 e. The Morgan fingerprint density at radius 1 is 0.926 bits per heavy atom. The van der Waals surface area contributed by atoms with Gasteiger partial charge in [0, 0.05) is 36.0 Å². The Hall–Kier alpha value is -4.54. The van der Waals surface area contributed by atoms with Crippen LogP contribution in [0.25, 0.3) is 22.2 Å². The Kier molecular flexibility index (Phi) is 11.4. The molecule has 0 unspecified atom stereocenters. The van der Waals surface area contributed by atoms with Crippen molar-refractivity contribution in [3.63, 3.8) is 0 Å². The molecule has 1 saturated carbocycles. The average molecular weight is 750 g/mol. The van der Waals surface area contributed by atoms with E-state index in [1.165, 1.54) is 0 Å². The summed E-state index contributed by atoms with van der Waals surface area (Å²) in [6.07, 6.45) is 5.95. The molecular weight excluding hydrogens is 694 g/mol. The summed E-state index contributed by atoms with van der Waals surface area (Å²) in [5.41, 5.74) is 5.43. The first kappa shape index (κ1) is 39.2. The number of methoxy groups -OCH3 is 1. The molecule has 1 amide bonds. The number of nitrogens with one attached hydrogen (secondary N) is 2. The Labute approximate surface area is 321 Å². The molecule has 5 aromatic rings. The van der Waals surface area contributed by atoms with Gasteiger partial charge < -0.3 is 19.8 Å². The molecule has 6 rings (SSSR count). The summed E-state index contributed by atoms with van der Waals surface area (Å²) in [6.45, 7) is 18.5. The fraction of sp³-hybridized carbons (Fsp3) is 0.432. The molecule has 0 saturated heterocycles. The molecule has 8 nitrogen and oxygen atoms in total. The fourth-order valence-corrected chi connectivity index (χ4v) is 8.25. The lowest BCUT2D eigenvalue weighted by molar-refractivity contribution is 0.0950. The van der Waals surface area contributed by atoms with Crippen molar-refractivity contribution < 1.29 is 18.3 Å². The number of hydrogen-bond donors (Lipinski definition) is 2. The molecule has 1 aliphatic rings. The van der Waals surface area contributed by atoms with Gasteiger partial charge in [0.1, 0.15) is 11.6 Å². The van der Waals surface area contributed by atoms with Crippen LogP contribution in [0.15, 0.2) is 79.0 Å². The van der Waals surface area contributed by atoms with Crippen LogP contribution in [-0.4, -0.2) is 48.2 Å². The summed E-state index contributed by atoms with van der Waals surface area (Å²) in [4.78, 5) is 17.7. The number of fused-ring (bicyclic) bond motifs is 1. The molecule has 1 fully saturated rings. The van der Waals surface area contributed by atoms with E-state index in [0.717, 1.165) is 65.0 Å². The number of carbonyl (C=O) groups is 1. The number of aromatic nitrogens is 3. The smallest absolute Gasteiger partial charge is 0.251 e. The highest BCUT2D eigenvalue weighted by Crippen LogP contribution is 2.40. The third-order valence-corrected chi connectivity index (χ3v) is 15.8. The van der Waals surface area contributed by atoms with Gasteiger partial charge in [0.25, 0.3) is 5.91 Å². The van der Waals surface area contributed by atoms with Gasteiger partial charge in [0.2, 0.25) is 0 Å². The van der Waals surface area contributed by atoms with Gasteiger partial charge in [0.05, 0.1) is 19.0 Å². The lowest BCUT2D eigenvalue weighted by Gasteiger charge is -2.41. The van der Waals surface area contributed by atoms with E-state index in [1.807, 2.05) is 65.3 Å². The van der Waals surface area contributed by atoms with E-state index in [2.05, 4.69) is 65.3 Å². The second kappa shape index (κ2) is 15.7. The first-order valence-corrected chi connectivity index (χ1v) is 22.0. The minimum absolute atomic E-state index is 0.00810. The van der Waals surface area contributed by atoms with E-state index in [-0.39, 0.29) is 40.9 Å². The number of carbonyl (C=O) groups excluding carboxylic acids is 1. The second-order valence-corrected chi connectivity index (χ2v) is 22.0. The van der Waals surface area contributed by atoms with Gasteiger partial charge in [-0.3, -0.25) is 4.79 Å². The third kappa shape index (κ3) is 8.87. The monoisotopic (exact) mass is 749 g/mol. The number of halogens is 1. The zero-order chi connectivity index (χ0) is 38.8. The van der Waals surface area contributed by atoms with E-state index in [0.29, 0.717) is 23.2 Å². The minimum Gasteiger partial charge on any atom is -0.497 e. The minimum atomic E-state index is -1.86. The maximum absolute atomic E-state index is 15.8. The lowest BCUT2D eigenvalue weighted by atomic mass is 9.87. The van der Waals surface area contributed by atoms with Gasteiger partial charge in [-0.05, 0) is 108 Å². The molecule has 0 bridgehead atoms. The second-order valence-electron chi connectivity index (χ2n) is 17.2. The van der Waals surface area contributed by atoms with Crippen LogP contribution >= 0.6 is 0 Å². The number of anilines is 1. The molecule has 2 heterocycles. The standard InChI is InChI=1S/C44H56FN5O3Si/c1-43(2,3)33-16-14-30(15-17-33)42(51)47-27-32-13-12-31(26-38(32)45)37-24-25-46-41-39(37)40(49-50(41)28-29-10-20-35(52-7)21-11-29)48-34-18-22-36(23-19-34)53-54(8,9)44(4,5)6/h10-17,20-21,24-26,34,36H,18-19,22-23,27-28H2,1-9H3,(H,47,51)(H,48,49)/t34-,36-. The molecule has 0 radical (unpaired) electrons. The van der Waals surface area contributed by atoms with Crippen LogP contribution in [0.2, 0.25) is 18.1 Å². The largest absolute Gasteiger partial charge is 0.497 e. The highest BCUT2D eigenvalue weighted by Gasteiger charge is 2.40. The summed E-state index contributed by atoms with van der Waals surface area (Å²) in [7, 11) is -0.199. The van der Waals surface area contributed by atoms with Crippen molar-refractivity contribution in [2.45, 2.75) is 116 Å². The van der Waals surface area contributed by atoms with Crippen molar-refractivity contribution >= 4 is 31.1 Å². The summed E-state index contributed by atoms with van der Waals surface area (Å²) in [5, 5.41) is 12.8. The number of nitrogens with zero attached hydrogens (tertiary/aromatic N) is 3. The van der Waals surface area contributed by atoms with Crippen LogP contribution in [0.5, 0.6) is 5.75 Å². The molecule has 1 aliphatic carbocycles. The van der Waals surface area contributed by atoms with E-state index >= 15 is 4.39 Å². The van der Waals surface area contributed by atoms with Gasteiger partial charge in [0.15, 0.2) is 19.8 Å². The zero-order valence-corrected chi connectivity index (χ0v) is 34.3. The number of amides is 1. The topological polar surface area (TPSA) is 90.3 Å². The van der Waals surface area contributed by atoms with E-state index in [4.69, 9.17) is 19.2 Å². The van der Waals surface area contributed by atoms with Gasteiger partial charge in [-0.25, -0.2) is 14.1 Å². The molecule has 54 heavy (non-hydrogen) atoms. The third-order valence-electron chi connectivity index (χ3n) is 11.2. The van der Waals surface area contributed by atoms with Gasteiger partial charge in [-0.1, -0.05) is 77.9 Å². The zero-order valence-electron chi connectivity index (χ0n) is 33.3. The number of pyridine rings is 1. The van der Waals surface area contributed by atoms with Crippen molar-refractivity contribution in [1.29, 1.82) is 0 Å². The normalized spacial score (nSPS) is 16.7. The van der Waals surface area contributed by atoms with Crippen molar-refractivity contribution in [1.82, 2.24) is 20.1 Å². The number of hydrogen-bond acceptors (Lipinski definition) is 6. The number of rotatable bonds is 11. The Balaban J connectivity index is 1.24. The average Bonchev–Trinajstić information content (AvgIpc) is 3.47. The van der Waals surface area contributed by atoms with Crippen molar-refractivity contribution in [2.24, 2.45) is 0 Å². The number of ether oxygens (including phenoxy) is 1. The highest BCUT2D eigenvalue weighted by molar-refractivity contribution is 6.74. The summed E-state index contributed by atoms with van der Waals surface area (Å²) in [5.74, 6) is 0.903. The lowest BCUT2D eigenvalue weighted by Crippen LogP contribution is -2.45. The van der Waals surface area contributed by atoms with Crippen LogP contribution in [0, 0.1) is 5.82 Å². The molecule has 0 aliphatic heterocycles. The fourth-order valence-electron chi connectivity index (χ4n) is 6.82. The maximum atomic E-state index is 15.8. The van der Waals surface area contributed by atoms with Crippen LogP contribution < -0.4 is 15.4 Å². The highest BCUT2D eigenvalue weighted by atomic mass is 28.4. The quantitative estimate of drug-likeness (QED) is 0.131. The Morgan fingerprint density at radius 3 is 2.22 bits per heavy atom. The van der Waals surface area contributed by atoms with Gasteiger partial charge in [-0.15, -0.1) is 0 Å². The Morgan fingerprint density at radius 2 is 1.61 bits per heavy atom. The van der Waals surface area contributed by atoms with Crippen molar-refractivity contribution in [3.8, 4) is 16.9 Å². The molecule has 2 aromatic heterocycles. The van der Waals surface area contributed by atoms with Crippen LogP contribution in [0.4, 0.5) is 10.2 Å². The van der Waals surface area contributed by atoms with Crippen molar-refractivity contribution in [2.75, 3.05) is 12.4 Å².